The van der Waals surface area contributed by atoms with Crippen molar-refractivity contribution < 1.29 is 29.0 Å². The Morgan fingerprint density at radius 3 is 2.32 bits per heavy atom. The molecule has 1 heterocycles. The van der Waals surface area contributed by atoms with Crippen molar-refractivity contribution in [2.24, 2.45) is 0 Å². The Balaban J connectivity index is 1.38. The molecule has 3 atom stereocenters. The van der Waals surface area contributed by atoms with Gasteiger partial charge in [-0.2, -0.15) is 0 Å². The molecule has 1 saturated heterocycles. The number of benzene rings is 2. The molecule has 8 heteroatoms. The average Bonchev–Trinajstić information content (AvgIpc) is 3.40. The second-order valence-corrected chi connectivity index (χ2v) is 8.73. The van der Waals surface area contributed by atoms with Crippen LogP contribution in [-0.2, 0) is 19.1 Å². The molecule has 2 N–H and O–H groups in total. The topological polar surface area (TPSA) is 105 Å². The van der Waals surface area contributed by atoms with Crippen LogP contribution in [0.3, 0.4) is 0 Å². The van der Waals surface area contributed by atoms with Crippen LogP contribution in [0.1, 0.15) is 43.7 Å². The Bertz CT molecular complexity index is 1030. The average molecular weight is 467 g/mol. The molecule has 8 nitrogen and oxygen atoms in total. The summed E-state index contributed by atoms with van der Waals surface area (Å²) in [7, 11) is 0. The number of carbonyl (C=O) groups is 3. The highest BCUT2D eigenvalue weighted by atomic mass is 16.6. The van der Waals surface area contributed by atoms with E-state index in [0.717, 1.165) is 22.3 Å². The lowest BCUT2D eigenvalue weighted by Crippen LogP contribution is -2.52. The Labute approximate surface area is 198 Å². The quantitative estimate of drug-likeness (QED) is 0.618. The van der Waals surface area contributed by atoms with Crippen LogP contribution in [-0.4, -0.2) is 65.9 Å². The highest BCUT2D eigenvalue weighted by Gasteiger charge is 2.39. The highest BCUT2D eigenvalue weighted by molar-refractivity contribution is 5.84. The molecule has 4 rings (SSSR count). The number of fused-ring (bicyclic) bond motifs is 3. The number of carboxylic acids is 1. The van der Waals surface area contributed by atoms with Crippen molar-refractivity contribution in [1.29, 1.82) is 0 Å². The number of ether oxygens (including phenoxy) is 2. The van der Waals surface area contributed by atoms with Gasteiger partial charge in [-0.1, -0.05) is 48.5 Å². The molecule has 0 saturated carbocycles. The molecular weight excluding hydrogens is 436 g/mol. The predicted octanol–water partition coefficient (Wildman–Crippen LogP) is 3.39. The number of hydrogen-bond acceptors (Lipinski definition) is 5. The van der Waals surface area contributed by atoms with Crippen LogP contribution in [0.15, 0.2) is 48.5 Å². The van der Waals surface area contributed by atoms with Gasteiger partial charge in [0.2, 0.25) is 0 Å². The third kappa shape index (κ3) is 4.77. The van der Waals surface area contributed by atoms with Crippen molar-refractivity contribution in [3.63, 3.8) is 0 Å². The van der Waals surface area contributed by atoms with Gasteiger partial charge in [0.1, 0.15) is 6.61 Å². The van der Waals surface area contributed by atoms with Crippen molar-refractivity contribution in [3.8, 4) is 11.1 Å². The molecule has 1 fully saturated rings. The minimum absolute atomic E-state index is 0.0529. The van der Waals surface area contributed by atoms with E-state index in [4.69, 9.17) is 14.6 Å². The van der Waals surface area contributed by atoms with Crippen molar-refractivity contribution in [3.05, 3.63) is 59.7 Å². The zero-order valence-electron chi connectivity index (χ0n) is 19.4. The second kappa shape index (κ2) is 10.3. The number of aliphatic carboxylic acids is 1. The Morgan fingerprint density at radius 1 is 1.12 bits per heavy atom. The maximum absolute atomic E-state index is 13.0. The minimum atomic E-state index is -0.973. The van der Waals surface area contributed by atoms with Gasteiger partial charge in [-0.15, -0.1) is 0 Å². The monoisotopic (exact) mass is 466 g/mol. The van der Waals surface area contributed by atoms with E-state index in [-0.39, 0.29) is 24.9 Å². The van der Waals surface area contributed by atoms with Crippen molar-refractivity contribution in [2.75, 3.05) is 19.8 Å². The first-order valence-corrected chi connectivity index (χ1v) is 11.7. The normalized spacial score (nSPS) is 19.7. The van der Waals surface area contributed by atoms with Crippen LogP contribution in [0.25, 0.3) is 11.1 Å². The van der Waals surface area contributed by atoms with Gasteiger partial charge >= 0.3 is 12.1 Å². The van der Waals surface area contributed by atoms with Crippen molar-refractivity contribution in [2.45, 2.75) is 50.8 Å². The van der Waals surface area contributed by atoms with Gasteiger partial charge in [-0.25, -0.2) is 4.79 Å². The van der Waals surface area contributed by atoms with E-state index < -0.39 is 30.3 Å². The maximum atomic E-state index is 13.0. The summed E-state index contributed by atoms with van der Waals surface area (Å²) < 4.78 is 11.2. The molecule has 2 aromatic rings. The molecule has 1 aliphatic carbocycles. The molecule has 34 heavy (non-hydrogen) atoms. The smallest absolute Gasteiger partial charge is 0.407 e. The van der Waals surface area contributed by atoms with Crippen LogP contribution >= 0.6 is 0 Å². The van der Waals surface area contributed by atoms with E-state index in [1.54, 1.807) is 13.8 Å². The van der Waals surface area contributed by atoms with Gasteiger partial charge in [0.25, 0.3) is 5.91 Å². The summed E-state index contributed by atoms with van der Waals surface area (Å²) >= 11 is 0. The maximum Gasteiger partial charge on any atom is 0.407 e. The Hall–Kier alpha value is -3.39. The summed E-state index contributed by atoms with van der Waals surface area (Å²) in [6.45, 7) is 4.35. The molecule has 0 spiro atoms. The molecule has 180 valence electrons. The van der Waals surface area contributed by atoms with Gasteiger partial charge in [-0.05, 0) is 42.5 Å². The Kier molecular flexibility index (Phi) is 7.17. The number of amides is 2. The molecule has 2 amide bonds. The number of nitrogens with one attached hydrogen (secondary N) is 1. The van der Waals surface area contributed by atoms with Gasteiger partial charge in [0, 0.05) is 25.1 Å². The summed E-state index contributed by atoms with van der Waals surface area (Å²) in [5.41, 5.74) is 4.55. The number of alkyl carbamates (subject to hydrolysis) is 1. The number of hydrogen-bond donors (Lipinski definition) is 2. The van der Waals surface area contributed by atoms with E-state index >= 15 is 0 Å². The highest BCUT2D eigenvalue weighted by Crippen LogP contribution is 2.44. The largest absolute Gasteiger partial charge is 0.481 e. The minimum Gasteiger partial charge on any atom is -0.481 e. The second-order valence-electron chi connectivity index (χ2n) is 8.73. The molecular formula is C26H30N2O6. The predicted molar refractivity (Wildman–Crippen MR) is 125 cm³/mol. The van der Waals surface area contributed by atoms with Gasteiger partial charge in [0.05, 0.1) is 12.5 Å². The fourth-order valence-electron chi connectivity index (χ4n) is 4.98. The lowest BCUT2D eigenvalue weighted by molar-refractivity contribution is -0.146. The number of rotatable bonds is 8. The summed E-state index contributed by atoms with van der Waals surface area (Å²) in [4.78, 5) is 38.3. The summed E-state index contributed by atoms with van der Waals surface area (Å²) in [6.07, 6.45) is -1.14. The van der Waals surface area contributed by atoms with E-state index in [1.807, 2.05) is 24.3 Å². The fraction of sp³-hybridized carbons (Fsp3) is 0.423. The summed E-state index contributed by atoms with van der Waals surface area (Å²) in [5.74, 6) is -1.35. The van der Waals surface area contributed by atoms with Crippen LogP contribution in [0.2, 0.25) is 0 Å². The number of likely N-dealkylation sites (N-methyl/N-ethyl adjacent to an activating group) is 1. The van der Waals surface area contributed by atoms with Crippen molar-refractivity contribution in [1.82, 2.24) is 10.2 Å². The zero-order valence-corrected chi connectivity index (χ0v) is 19.4. The summed E-state index contributed by atoms with van der Waals surface area (Å²) in [6, 6.07) is 15.2. The number of nitrogens with zero attached hydrogens (tertiary/aromatic N) is 1. The Morgan fingerprint density at radius 2 is 1.74 bits per heavy atom. The first kappa shape index (κ1) is 23.8. The molecule has 1 unspecified atom stereocenters. The van der Waals surface area contributed by atoms with Crippen LogP contribution in [0.4, 0.5) is 4.79 Å². The molecule has 0 radical (unpaired) electrons. The van der Waals surface area contributed by atoms with E-state index in [1.165, 1.54) is 4.90 Å². The number of carboxylic acid groups (broad SMARTS) is 1. The molecule has 0 bridgehead atoms. The summed E-state index contributed by atoms with van der Waals surface area (Å²) in [5, 5.41) is 11.9. The molecule has 2 aromatic carbocycles. The van der Waals surface area contributed by atoms with Crippen LogP contribution in [0.5, 0.6) is 0 Å². The fourth-order valence-corrected chi connectivity index (χ4v) is 4.98. The first-order chi connectivity index (χ1) is 16.4. The van der Waals surface area contributed by atoms with Crippen LogP contribution in [0, 0.1) is 0 Å². The molecule has 2 aliphatic rings. The van der Waals surface area contributed by atoms with E-state index in [0.29, 0.717) is 19.6 Å². The molecule has 1 aliphatic heterocycles. The van der Waals surface area contributed by atoms with Gasteiger partial charge < -0.3 is 24.8 Å². The van der Waals surface area contributed by atoms with Gasteiger partial charge in [0.15, 0.2) is 6.10 Å². The van der Waals surface area contributed by atoms with Gasteiger partial charge in [-0.3, -0.25) is 9.59 Å². The first-order valence-electron chi connectivity index (χ1n) is 11.7. The number of carbonyl (C=O) groups excluding carboxylic acids is 2. The van der Waals surface area contributed by atoms with Crippen LogP contribution < -0.4 is 5.32 Å². The van der Waals surface area contributed by atoms with E-state index in [2.05, 4.69) is 29.6 Å². The van der Waals surface area contributed by atoms with E-state index in [9.17, 15) is 14.4 Å². The zero-order chi connectivity index (χ0) is 24.2. The third-order valence-corrected chi connectivity index (χ3v) is 6.61. The lowest BCUT2D eigenvalue weighted by Gasteiger charge is -2.31. The standard InChI is InChI=1S/C26H30N2O6/c1-3-28(16(2)14-23(29)30)25(31)24-22(12-13-33-24)27-26(32)34-15-21-19-10-6-4-8-17(19)18-9-5-7-11-20(18)21/h4-11,16,21-22,24H,3,12-15H2,1-2H3,(H,27,32)(H,29,30)/t16?,22-,24+/m1/s1. The van der Waals surface area contributed by atoms with Crippen molar-refractivity contribution >= 4 is 18.0 Å². The SMILES string of the molecule is CCN(C(=O)[C@H]1OCC[C@H]1NC(=O)OCC1c2ccccc2-c2ccccc21)C(C)CC(=O)O. The molecule has 0 aromatic heterocycles. The lowest BCUT2D eigenvalue weighted by atomic mass is 9.98. The third-order valence-electron chi connectivity index (χ3n) is 6.61.